The van der Waals surface area contributed by atoms with Gasteiger partial charge in [-0.15, -0.1) is 0 Å². The molecule has 3 heterocycles. The van der Waals surface area contributed by atoms with Gasteiger partial charge in [-0.25, -0.2) is 0 Å². The minimum atomic E-state index is 0.131. The molecule has 4 nitrogen and oxygen atoms in total. The van der Waals surface area contributed by atoms with Crippen molar-refractivity contribution in [3.63, 3.8) is 0 Å². The molecule has 0 radical (unpaired) electrons. The smallest absolute Gasteiger partial charge is 0.213 e. The molecule has 170 valence electrons. The summed E-state index contributed by atoms with van der Waals surface area (Å²) in [6.07, 6.45) is 7.12. The van der Waals surface area contributed by atoms with Gasteiger partial charge in [-0.1, -0.05) is 49.9 Å². The van der Waals surface area contributed by atoms with Crippen LogP contribution in [0.25, 0.3) is 11.3 Å². The third kappa shape index (κ3) is 4.18. The molecule has 0 fully saturated rings. The summed E-state index contributed by atoms with van der Waals surface area (Å²) >= 11 is 0. The van der Waals surface area contributed by atoms with Gasteiger partial charge in [0.1, 0.15) is 5.76 Å². The van der Waals surface area contributed by atoms with Crippen molar-refractivity contribution >= 4 is 5.90 Å². The van der Waals surface area contributed by atoms with Gasteiger partial charge >= 0.3 is 0 Å². The van der Waals surface area contributed by atoms with Crippen LogP contribution in [0.1, 0.15) is 63.1 Å². The Balaban J connectivity index is 1.89. The number of rotatable bonds is 3. The van der Waals surface area contributed by atoms with E-state index in [-0.39, 0.29) is 17.9 Å². The highest BCUT2D eigenvalue weighted by Crippen LogP contribution is 2.45. The Morgan fingerprint density at radius 2 is 2.03 bits per heavy atom. The van der Waals surface area contributed by atoms with E-state index in [2.05, 4.69) is 85.6 Å². The van der Waals surface area contributed by atoms with Crippen molar-refractivity contribution in [2.75, 3.05) is 0 Å². The maximum atomic E-state index is 7.82. The Labute approximate surface area is 197 Å². The van der Waals surface area contributed by atoms with Gasteiger partial charge in [0.15, 0.2) is 18.1 Å². The number of hydrogen-bond donors (Lipinski definition) is 2. The van der Waals surface area contributed by atoms with Crippen molar-refractivity contribution in [3.05, 3.63) is 101 Å². The molecule has 4 rings (SSSR count). The first-order valence-electron chi connectivity index (χ1n) is 11.7. The predicted octanol–water partition coefficient (Wildman–Crippen LogP) is 6.62. The summed E-state index contributed by atoms with van der Waals surface area (Å²) in [5.41, 5.74) is 9.24. The number of benzene rings is 1. The number of allylic oxidation sites excluding steroid dienone is 3. The molecule has 2 aliphatic rings. The van der Waals surface area contributed by atoms with E-state index in [1.165, 1.54) is 28.0 Å². The molecule has 0 spiro atoms. The molecule has 2 N–H and O–H groups in total. The lowest BCUT2D eigenvalue weighted by atomic mass is 9.79. The fourth-order valence-corrected chi connectivity index (χ4v) is 5.33. The van der Waals surface area contributed by atoms with Gasteiger partial charge in [-0.05, 0) is 44.4 Å². The lowest BCUT2D eigenvalue weighted by Gasteiger charge is -2.32. The summed E-state index contributed by atoms with van der Waals surface area (Å²) in [4.78, 5) is 0. The zero-order valence-electron chi connectivity index (χ0n) is 20.2. The molecule has 1 aromatic heterocycles. The van der Waals surface area contributed by atoms with Gasteiger partial charge < -0.3 is 10.1 Å². The molecule has 2 aromatic rings. The van der Waals surface area contributed by atoms with E-state index in [9.17, 15) is 0 Å². The molecule has 0 aliphatic carbocycles. The van der Waals surface area contributed by atoms with Crippen molar-refractivity contribution in [2.45, 2.75) is 58.9 Å². The van der Waals surface area contributed by atoms with E-state index in [1.54, 1.807) is 6.92 Å². The van der Waals surface area contributed by atoms with Gasteiger partial charge in [0.05, 0.1) is 11.5 Å². The number of hydrogen-bond acceptors (Lipinski definition) is 3. The largest absolute Gasteiger partial charge is 0.444 e. The fraction of sp³-hybridized carbons (Fsp3) is 0.310. The molecule has 33 heavy (non-hydrogen) atoms. The molecular weight excluding hydrogens is 406 g/mol. The summed E-state index contributed by atoms with van der Waals surface area (Å²) < 4.78 is 8.14. The zero-order valence-corrected chi connectivity index (χ0v) is 20.2. The first-order valence-corrected chi connectivity index (χ1v) is 11.7. The predicted molar refractivity (Wildman–Crippen MR) is 135 cm³/mol. The van der Waals surface area contributed by atoms with E-state index < -0.39 is 0 Å². The number of ether oxygens (including phenoxy) is 1. The van der Waals surface area contributed by atoms with E-state index in [0.29, 0.717) is 5.76 Å². The highest BCUT2D eigenvalue weighted by molar-refractivity contribution is 5.72. The molecule has 2 atom stereocenters. The van der Waals surface area contributed by atoms with Crippen molar-refractivity contribution in [1.82, 2.24) is 5.32 Å². The quantitative estimate of drug-likeness (QED) is 0.244. The fourth-order valence-electron chi connectivity index (χ4n) is 5.33. The molecule has 2 unspecified atom stereocenters. The maximum Gasteiger partial charge on any atom is 0.213 e. The van der Waals surface area contributed by atoms with E-state index in [1.807, 2.05) is 6.92 Å². The van der Waals surface area contributed by atoms with Crippen LogP contribution in [-0.4, -0.2) is 5.90 Å². The Morgan fingerprint density at radius 3 is 2.73 bits per heavy atom. The van der Waals surface area contributed by atoms with Crippen molar-refractivity contribution < 1.29 is 9.30 Å². The van der Waals surface area contributed by atoms with Crippen LogP contribution in [0.5, 0.6) is 0 Å². The average Bonchev–Trinajstić information content (AvgIpc) is 2.85. The standard InChI is InChI=1S/C29H34N3O/c1-7-22-14-16-27-28(19(4)31-25(8-2)29(22)20(5)33-21(6)30)24-12-10-9-11-23(24)26-15-13-18(3)17-32(26)27/h8-13,15,17,27-28,30-31H,4-5,7,14,16H2,1-3,6H3/q+1/b25-8-,29-22-,30-21?. The number of aromatic nitrogens is 1. The minimum Gasteiger partial charge on any atom is -0.444 e. The van der Waals surface area contributed by atoms with Crippen LogP contribution in [0.4, 0.5) is 0 Å². The highest BCUT2D eigenvalue weighted by Gasteiger charge is 2.42. The number of aryl methyl sites for hydroxylation is 1. The molecule has 0 saturated heterocycles. The van der Waals surface area contributed by atoms with E-state index >= 15 is 0 Å². The van der Waals surface area contributed by atoms with Crippen molar-refractivity contribution in [3.8, 4) is 11.3 Å². The number of nitrogens with zero attached hydrogens (tertiary/aromatic N) is 1. The second-order valence-corrected chi connectivity index (χ2v) is 8.94. The van der Waals surface area contributed by atoms with Crippen LogP contribution in [0, 0.1) is 12.3 Å². The summed E-state index contributed by atoms with van der Waals surface area (Å²) in [5, 5.41) is 11.5. The third-order valence-corrected chi connectivity index (χ3v) is 6.74. The first kappa shape index (κ1) is 22.8. The molecule has 1 aromatic carbocycles. The van der Waals surface area contributed by atoms with Gasteiger partial charge in [0, 0.05) is 41.9 Å². The Bertz CT molecular complexity index is 1200. The van der Waals surface area contributed by atoms with E-state index in [4.69, 9.17) is 10.1 Å². The number of fused-ring (bicyclic) bond motifs is 6. The third-order valence-electron chi connectivity index (χ3n) is 6.74. The molecule has 0 bridgehead atoms. The molecule has 0 saturated carbocycles. The average molecular weight is 441 g/mol. The second-order valence-electron chi connectivity index (χ2n) is 8.94. The van der Waals surface area contributed by atoms with Gasteiger partial charge in [0.2, 0.25) is 5.69 Å². The minimum absolute atomic E-state index is 0.131. The summed E-state index contributed by atoms with van der Waals surface area (Å²) in [5.74, 6) is 0.785. The summed E-state index contributed by atoms with van der Waals surface area (Å²) in [6, 6.07) is 13.4. The van der Waals surface area contributed by atoms with E-state index in [0.717, 1.165) is 36.2 Å². The lowest BCUT2D eigenvalue weighted by Crippen LogP contribution is -2.48. The van der Waals surface area contributed by atoms with Crippen molar-refractivity contribution in [1.29, 1.82) is 5.41 Å². The van der Waals surface area contributed by atoms with Gasteiger partial charge in [-0.3, -0.25) is 5.41 Å². The Morgan fingerprint density at radius 1 is 1.27 bits per heavy atom. The number of pyridine rings is 1. The van der Waals surface area contributed by atoms with Gasteiger partial charge in [0.25, 0.3) is 0 Å². The van der Waals surface area contributed by atoms with Crippen LogP contribution >= 0.6 is 0 Å². The van der Waals surface area contributed by atoms with Crippen LogP contribution in [0.15, 0.2) is 90.1 Å². The van der Waals surface area contributed by atoms with Crippen LogP contribution < -0.4 is 9.88 Å². The van der Waals surface area contributed by atoms with Crippen molar-refractivity contribution in [2.24, 2.45) is 0 Å². The molecule has 0 amide bonds. The van der Waals surface area contributed by atoms with Crippen LogP contribution in [-0.2, 0) is 4.74 Å². The zero-order chi connectivity index (χ0) is 23.7. The normalized spacial score (nSPS) is 23.3. The van der Waals surface area contributed by atoms with Crippen LogP contribution in [0.2, 0.25) is 0 Å². The highest BCUT2D eigenvalue weighted by atomic mass is 16.5. The molecular formula is C29H34N3O+. The summed E-state index contributed by atoms with van der Waals surface area (Å²) in [7, 11) is 0. The lowest BCUT2D eigenvalue weighted by molar-refractivity contribution is -0.718. The topological polar surface area (TPSA) is 49.0 Å². The van der Waals surface area contributed by atoms with Gasteiger partial charge in [-0.2, -0.15) is 4.57 Å². The summed E-state index contributed by atoms with van der Waals surface area (Å²) in [6.45, 7) is 16.7. The monoisotopic (exact) mass is 440 g/mol. The maximum absolute atomic E-state index is 7.82. The Hall–Kier alpha value is -3.40. The SMILES string of the molecule is C=C(OC(C)=N)/C1=C(\CC)CCC2C(C(=C)N\C1=C/C)c1ccccc1-c1ccc(C)c[n+]12. The second kappa shape index (κ2) is 9.22. The van der Waals surface area contributed by atoms with Crippen LogP contribution in [0.3, 0.4) is 0 Å². The number of nitrogens with one attached hydrogen (secondary N) is 2. The molecule has 2 aliphatic heterocycles. The first-order chi connectivity index (χ1) is 15.8. The molecule has 4 heteroatoms. The Kier molecular flexibility index (Phi) is 6.37.